The number of hydroxylamine groups is 1. The van der Waals surface area contributed by atoms with Crippen LogP contribution in [-0.2, 0) is 21.7 Å². The van der Waals surface area contributed by atoms with Gasteiger partial charge in [-0.3, -0.25) is 9.63 Å². The van der Waals surface area contributed by atoms with Gasteiger partial charge in [-0.25, -0.2) is 23.3 Å². The summed E-state index contributed by atoms with van der Waals surface area (Å²) in [5.74, 6) is -1.62. The number of sulfone groups is 1. The Hall–Kier alpha value is -3.12. The number of fused-ring (bicyclic) bond motifs is 1. The number of hydrogen-bond donors (Lipinski definition) is 3. The number of rotatable bonds is 9. The summed E-state index contributed by atoms with van der Waals surface area (Å²) in [7, 11) is -1.79. The lowest BCUT2D eigenvalue weighted by Gasteiger charge is -2.15. The van der Waals surface area contributed by atoms with Crippen molar-refractivity contribution in [1.82, 2.24) is 15.0 Å². The first-order valence-electron chi connectivity index (χ1n) is 10.8. The minimum atomic E-state index is -3.47. The largest absolute Gasteiger partial charge is 0.351 e. The highest BCUT2D eigenvalue weighted by molar-refractivity contribution is 7.91. The first-order chi connectivity index (χ1) is 17.2. The van der Waals surface area contributed by atoms with Crippen LogP contribution in [0.25, 0.3) is 11.0 Å². The number of halogens is 2. The normalized spacial score (nSPS) is 11.6. The van der Waals surface area contributed by atoms with Crippen molar-refractivity contribution in [2.24, 2.45) is 7.05 Å². The van der Waals surface area contributed by atoms with E-state index >= 15 is 4.39 Å². The molecule has 3 aromatic carbocycles. The standard InChI is InChI=1S/C24H22ClFN4O4S2/c1-30-14-27-23-20(30)13-17(22(21(23)26)28-19-9-8-15(35)12-18(19)25)24(31)29-34-10-5-11-36(32,33)16-6-3-2-4-7-16/h2-4,6-9,12-14,28,35H,5,10-11H2,1H3,(H,29,31). The van der Waals surface area contributed by atoms with E-state index in [1.165, 1.54) is 24.5 Å². The van der Waals surface area contributed by atoms with Crippen LogP contribution in [0.3, 0.4) is 0 Å². The van der Waals surface area contributed by atoms with Crippen LogP contribution in [0.1, 0.15) is 16.8 Å². The number of carbonyl (C=O) groups excluding carboxylic acids is 1. The molecule has 0 unspecified atom stereocenters. The van der Waals surface area contributed by atoms with E-state index in [2.05, 4.69) is 28.4 Å². The summed E-state index contributed by atoms with van der Waals surface area (Å²) in [4.78, 5) is 23.1. The highest BCUT2D eigenvalue weighted by atomic mass is 35.5. The van der Waals surface area contributed by atoms with Crippen molar-refractivity contribution in [3.8, 4) is 0 Å². The Kier molecular flexibility index (Phi) is 7.84. The molecule has 0 aliphatic heterocycles. The number of benzene rings is 3. The maximum atomic E-state index is 15.5. The van der Waals surface area contributed by atoms with Crippen molar-refractivity contribution in [2.45, 2.75) is 16.2 Å². The molecule has 0 aliphatic carbocycles. The van der Waals surface area contributed by atoms with Crippen molar-refractivity contribution in [2.75, 3.05) is 17.7 Å². The number of imidazole rings is 1. The molecule has 12 heteroatoms. The summed E-state index contributed by atoms with van der Waals surface area (Å²) in [6.07, 6.45) is 1.58. The minimum absolute atomic E-state index is 0.0495. The minimum Gasteiger partial charge on any atom is -0.351 e. The Labute approximate surface area is 217 Å². The SMILES string of the molecule is Cn1cnc2c(F)c(Nc3ccc(S)cc3Cl)c(C(=O)NOCCCS(=O)(=O)c3ccccc3)cc21. The summed E-state index contributed by atoms with van der Waals surface area (Å²) >= 11 is 10.5. The van der Waals surface area contributed by atoms with Gasteiger partial charge in [0.25, 0.3) is 5.91 Å². The van der Waals surface area contributed by atoms with Crippen LogP contribution in [0.5, 0.6) is 0 Å². The van der Waals surface area contributed by atoms with E-state index in [0.717, 1.165) is 0 Å². The van der Waals surface area contributed by atoms with Gasteiger partial charge in [0.2, 0.25) is 0 Å². The Morgan fingerprint density at radius 2 is 1.94 bits per heavy atom. The maximum absolute atomic E-state index is 15.5. The second-order valence-electron chi connectivity index (χ2n) is 7.89. The van der Waals surface area contributed by atoms with Crippen molar-refractivity contribution < 1.29 is 22.4 Å². The van der Waals surface area contributed by atoms with Gasteiger partial charge in [-0.2, -0.15) is 0 Å². The number of thiol groups is 1. The molecule has 36 heavy (non-hydrogen) atoms. The highest BCUT2D eigenvalue weighted by Gasteiger charge is 2.22. The molecule has 0 radical (unpaired) electrons. The van der Waals surface area contributed by atoms with Crippen molar-refractivity contribution in [1.29, 1.82) is 0 Å². The van der Waals surface area contributed by atoms with Crippen molar-refractivity contribution >= 4 is 62.4 Å². The smallest absolute Gasteiger partial charge is 0.277 e. The van der Waals surface area contributed by atoms with Crippen LogP contribution in [0.2, 0.25) is 5.02 Å². The summed E-state index contributed by atoms with van der Waals surface area (Å²) in [5.41, 5.74) is 2.91. The van der Waals surface area contributed by atoms with Gasteiger partial charge in [-0.05, 0) is 42.8 Å². The summed E-state index contributed by atoms with van der Waals surface area (Å²) in [5, 5.41) is 3.16. The number of hydrogen-bond acceptors (Lipinski definition) is 7. The van der Waals surface area contributed by atoms with Gasteiger partial charge in [0.05, 0.1) is 51.1 Å². The molecular formula is C24H22ClFN4O4S2. The summed E-state index contributed by atoms with van der Waals surface area (Å²) in [6, 6.07) is 14.4. The molecule has 1 heterocycles. The fourth-order valence-electron chi connectivity index (χ4n) is 3.50. The van der Waals surface area contributed by atoms with Gasteiger partial charge in [0.1, 0.15) is 5.52 Å². The van der Waals surface area contributed by atoms with E-state index in [0.29, 0.717) is 16.1 Å². The summed E-state index contributed by atoms with van der Waals surface area (Å²) < 4.78 is 41.8. The fourth-order valence-corrected chi connectivity index (χ4v) is 5.32. The Bertz CT molecular complexity index is 1530. The molecule has 0 atom stereocenters. The molecule has 0 aliphatic rings. The molecule has 188 valence electrons. The number of amides is 1. The third-order valence-electron chi connectivity index (χ3n) is 5.34. The lowest BCUT2D eigenvalue weighted by molar-refractivity contribution is 0.0317. The highest BCUT2D eigenvalue weighted by Crippen LogP contribution is 2.34. The van der Waals surface area contributed by atoms with Crippen LogP contribution in [0, 0.1) is 5.82 Å². The predicted octanol–water partition coefficient (Wildman–Crippen LogP) is 4.92. The fraction of sp³-hybridized carbons (Fsp3) is 0.167. The van der Waals surface area contributed by atoms with E-state index in [1.807, 2.05) is 0 Å². The molecule has 0 bridgehead atoms. The maximum Gasteiger partial charge on any atom is 0.277 e. The van der Waals surface area contributed by atoms with E-state index in [9.17, 15) is 13.2 Å². The quantitative estimate of drug-likeness (QED) is 0.156. The monoisotopic (exact) mass is 548 g/mol. The molecule has 0 saturated carbocycles. The number of anilines is 2. The first kappa shape index (κ1) is 26.0. The van der Waals surface area contributed by atoms with Gasteiger partial charge in [-0.15, -0.1) is 12.6 Å². The Balaban J connectivity index is 1.50. The average Bonchev–Trinajstić information content (AvgIpc) is 3.23. The second-order valence-corrected chi connectivity index (χ2v) is 10.9. The van der Waals surface area contributed by atoms with Gasteiger partial charge in [0, 0.05) is 11.9 Å². The van der Waals surface area contributed by atoms with Crippen molar-refractivity contribution in [3.05, 3.63) is 77.3 Å². The third-order valence-corrected chi connectivity index (χ3v) is 7.75. The number of nitrogens with one attached hydrogen (secondary N) is 2. The molecule has 1 amide bonds. The Morgan fingerprint density at radius 1 is 1.19 bits per heavy atom. The molecule has 2 N–H and O–H groups in total. The van der Waals surface area contributed by atoms with Crippen LogP contribution < -0.4 is 10.8 Å². The summed E-state index contributed by atoms with van der Waals surface area (Å²) in [6.45, 7) is -0.0633. The zero-order valence-corrected chi connectivity index (χ0v) is 21.5. The van der Waals surface area contributed by atoms with Gasteiger partial charge in [-0.1, -0.05) is 29.8 Å². The molecule has 0 fully saturated rings. The van der Waals surface area contributed by atoms with Crippen LogP contribution >= 0.6 is 24.2 Å². The number of carbonyl (C=O) groups is 1. The lowest BCUT2D eigenvalue weighted by Crippen LogP contribution is -2.26. The molecule has 8 nitrogen and oxygen atoms in total. The molecule has 0 saturated heterocycles. The number of aromatic nitrogens is 2. The van der Waals surface area contributed by atoms with E-state index in [4.69, 9.17) is 16.4 Å². The molecule has 1 aromatic heterocycles. The number of aryl methyl sites for hydroxylation is 1. The Morgan fingerprint density at radius 3 is 2.67 bits per heavy atom. The average molecular weight is 549 g/mol. The lowest BCUT2D eigenvalue weighted by atomic mass is 10.1. The first-order valence-corrected chi connectivity index (χ1v) is 13.2. The zero-order valence-electron chi connectivity index (χ0n) is 19.0. The topological polar surface area (TPSA) is 102 Å². The molecular weight excluding hydrogens is 527 g/mol. The molecule has 0 spiro atoms. The molecule has 4 aromatic rings. The molecule has 4 rings (SSSR count). The number of nitrogens with zero attached hydrogens (tertiary/aromatic N) is 2. The van der Waals surface area contributed by atoms with Crippen LogP contribution in [0.15, 0.2) is 70.7 Å². The van der Waals surface area contributed by atoms with E-state index < -0.39 is 21.6 Å². The third kappa shape index (κ3) is 5.65. The van der Waals surface area contributed by atoms with Crippen molar-refractivity contribution in [3.63, 3.8) is 0 Å². The van der Waals surface area contributed by atoms with E-state index in [1.54, 1.807) is 48.0 Å². The second kappa shape index (κ2) is 10.9. The predicted molar refractivity (Wildman–Crippen MR) is 139 cm³/mol. The van der Waals surface area contributed by atoms with E-state index in [-0.39, 0.29) is 45.5 Å². The van der Waals surface area contributed by atoms with Crippen LogP contribution in [-0.4, -0.2) is 36.2 Å². The van der Waals surface area contributed by atoms with Gasteiger partial charge >= 0.3 is 0 Å². The van der Waals surface area contributed by atoms with Gasteiger partial charge < -0.3 is 9.88 Å². The zero-order chi connectivity index (χ0) is 25.9. The van der Waals surface area contributed by atoms with Crippen LogP contribution in [0.4, 0.5) is 15.8 Å². The van der Waals surface area contributed by atoms with Gasteiger partial charge in [0.15, 0.2) is 15.7 Å².